The average Bonchev–Trinajstić information content (AvgIpc) is 3.11. The van der Waals surface area contributed by atoms with Gasteiger partial charge in [0.2, 0.25) is 11.8 Å². The highest BCUT2D eigenvalue weighted by Gasteiger charge is 2.22. The van der Waals surface area contributed by atoms with E-state index >= 15 is 0 Å². The van der Waals surface area contributed by atoms with Crippen molar-refractivity contribution in [2.45, 2.75) is 33.2 Å². The smallest absolute Gasteiger partial charge is 0.227 e. The van der Waals surface area contributed by atoms with Crippen molar-refractivity contribution in [3.8, 4) is 0 Å². The third kappa shape index (κ3) is 5.59. The molecule has 3 rings (SSSR count). The van der Waals surface area contributed by atoms with Crippen LogP contribution in [0.3, 0.4) is 0 Å². The van der Waals surface area contributed by atoms with Crippen molar-refractivity contribution in [1.29, 1.82) is 0 Å². The quantitative estimate of drug-likeness (QED) is 0.392. The standard InChI is InChI=1S/C20H29N5O2.HI/c1-3-21-20(24-13-11-23(12-14-24)16(2)26)22-15-17-6-8-18(9-7-17)25-10-4-5-19(25)27;/h6-9H,3-5,10-15H2,1-2H3,(H,21,22);1H. The molecule has 2 aliphatic rings. The minimum Gasteiger partial charge on any atom is -0.357 e. The first-order valence-corrected chi connectivity index (χ1v) is 9.76. The van der Waals surface area contributed by atoms with Crippen LogP contribution in [0.2, 0.25) is 0 Å². The molecule has 8 heteroatoms. The molecule has 0 unspecified atom stereocenters. The number of benzene rings is 1. The highest BCUT2D eigenvalue weighted by Crippen LogP contribution is 2.21. The van der Waals surface area contributed by atoms with Crippen molar-refractivity contribution in [3.63, 3.8) is 0 Å². The van der Waals surface area contributed by atoms with Gasteiger partial charge in [-0.05, 0) is 31.0 Å². The Morgan fingerprint density at radius 1 is 1.07 bits per heavy atom. The van der Waals surface area contributed by atoms with Crippen LogP contribution in [0.15, 0.2) is 29.3 Å². The number of carbonyl (C=O) groups is 2. The first-order chi connectivity index (χ1) is 13.1. The molecule has 28 heavy (non-hydrogen) atoms. The van der Waals surface area contributed by atoms with Gasteiger partial charge in [-0.2, -0.15) is 0 Å². The van der Waals surface area contributed by atoms with E-state index in [2.05, 4.69) is 17.1 Å². The molecule has 2 amide bonds. The normalized spacial score (nSPS) is 17.6. The first-order valence-electron chi connectivity index (χ1n) is 9.76. The van der Waals surface area contributed by atoms with Gasteiger partial charge < -0.3 is 20.0 Å². The molecule has 0 aliphatic carbocycles. The van der Waals surface area contributed by atoms with E-state index in [4.69, 9.17) is 4.99 Å². The molecule has 0 radical (unpaired) electrons. The summed E-state index contributed by atoms with van der Waals surface area (Å²) in [6.45, 7) is 8.94. The number of amides is 2. The van der Waals surface area contributed by atoms with Gasteiger partial charge in [-0.3, -0.25) is 9.59 Å². The van der Waals surface area contributed by atoms with Crippen LogP contribution in [-0.4, -0.2) is 66.8 Å². The summed E-state index contributed by atoms with van der Waals surface area (Å²) in [6, 6.07) is 8.10. The van der Waals surface area contributed by atoms with Crippen molar-refractivity contribution in [3.05, 3.63) is 29.8 Å². The molecule has 2 aliphatic heterocycles. The third-order valence-corrected chi connectivity index (χ3v) is 5.09. The Morgan fingerprint density at radius 2 is 1.71 bits per heavy atom. The lowest BCUT2D eigenvalue weighted by molar-refractivity contribution is -0.130. The summed E-state index contributed by atoms with van der Waals surface area (Å²) < 4.78 is 0. The first kappa shape index (κ1) is 22.4. The Hall–Kier alpha value is -1.84. The van der Waals surface area contributed by atoms with Gasteiger partial charge in [0.15, 0.2) is 5.96 Å². The molecule has 0 spiro atoms. The predicted octanol–water partition coefficient (Wildman–Crippen LogP) is 2.06. The lowest BCUT2D eigenvalue weighted by Crippen LogP contribution is -2.53. The van der Waals surface area contributed by atoms with Crippen molar-refractivity contribution in [2.75, 3.05) is 44.2 Å². The zero-order chi connectivity index (χ0) is 19.2. The highest BCUT2D eigenvalue weighted by molar-refractivity contribution is 14.0. The monoisotopic (exact) mass is 499 g/mol. The summed E-state index contributed by atoms with van der Waals surface area (Å²) in [5, 5.41) is 3.35. The minimum atomic E-state index is 0. The number of hydrogen-bond acceptors (Lipinski definition) is 3. The molecule has 2 saturated heterocycles. The number of carbonyl (C=O) groups excluding carboxylic acids is 2. The third-order valence-electron chi connectivity index (χ3n) is 5.09. The molecule has 2 heterocycles. The molecule has 1 aromatic rings. The average molecular weight is 499 g/mol. The summed E-state index contributed by atoms with van der Waals surface area (Å²) in [6.07, 6.45) is 1.59. The second-order valence-corrected chi connectivity index (χ2v) is 6.98. The number of rotatable bonds is 4. The number of halogens is 1. The number of hydrogen-bond donors (Lipinski definition) is 1. The van der Waals surface area contributed by atoms with Gasteiger partial charge >= 0.3 is 0 Å². The Bertz CT molecular complexity index is 699. The number of piperazine rings is 1. The largest absolute Gasteiger partial charge is 0.357 e. The summed E-state index contributed by atoms with van der Waals surface area (Å²) in [7, 11) is 0. The van der Waals surface area contributed by atoms with Crippen molar-refractivity contribution >= 4 is 47.4 Å². The van der Waals surface area contributed by atoms with Crippen LogP contribution in [-0.2, 0) is 16.1 Å². The van der Waals surface area contributed by atoms with Gasteiger partial charge in [-0.1, -0.05) is 12.1 Å². The second kappa shape index (κ2) is 10.6. The van der Waals surface area contributed by atoms with Gasteiger partial charge in [0.05, 0.1) is 6.54 Å². The molecule has 1 N–H and O–H groups in total. The van der Waals surface area contributed by atoms with Gasteiger partial charge in [0.25, 0.3) is 0 Å². The maximum atomic E-state index is 11.9. The van der Waals surface area contributed by atoms with Gasteiger partial charge in [-0.15, -0.1) is 24.0 Å². The topological polar surface area (TPSA) is 68.2 Å². The van der Waals surface area contributed by atoms with E-state index < -0.39 is 0 Å². The van der Waals surface area contributed by atoms with Crippen molar-refractivity contribution in [1.82, 2.24) is 15.1 Å². The van der Waals surface area contributed by atoms with Crippen LogP contribution in [0.4, 0.5) is 5.69 Å². The molecule has 0 saturated carbocycles. The zero-order valence-corrected chi connectivity index (χ0v) is 19.0. The van der Waals surface area contributed by atoms with E-state index in [0.29, 0.717) is 13.0 Å². The van der Waals surface area contributed by atoms with Crippen molar-refractivity contribution < 1.29 is 9.59 Å². The summed E-state index contributed by atoms with van der Waals surface area (Å²) in [5.41, 5.74) is 2.08. The number of anilines is 1. The van der Waals surface area contributed by atoms with Gasteiger partial charge in [0.1, 0.15) is 0 Å². The molecule has 7 nitrogen and oxygen atoms in total. The lowest BCUT2D eigenvalue weighted by Gasteiger charge is -2.36. The number of nitrogens with one attached hydrogen (secondary N) is 1. The fourth-order valence-electron chi connectivity index (χ4n) is 3.53. The number of guanidine groups is 1. The number of aliphatic imine (C=N–C) groups is 1. The van der Waals surface area contributed by atoms with E-state index in [1.165, 1.54) is 0 Å². The van der Waals surface area contributed by atoms with E-state index in [1.54, 1.807) is 6.92 Å². The Labute approximate surface area is 184 Å². The molecular formula is C20H30IN5O2. The molecule has 0 bridgehead atoms. The minimum absolute atomic E-state index is 0. The Balaban J connectivity index is 0.00000280. The van der Waals surface area contributed by atoms with E-state index in [0.717, 1.165) is 62.9 Å². The van der Waals surface area contributed by atoms with Crippen LogP contribution in [0.1, 0.15) is 32.3 Å². The van der Waals surface area contributed by atoms with Crippen LogP contribution in [0.5, 0.6) is 0 Å². The molecule has 154 valence electrons. The summed E-state index contributed by atoms with van der Waals surface area (Å²) >= 11 is 0. The number of nitrogens with zero attached hydrogens (tertiary/aromatic N) is 4. The second-order valence-electron chi connectivity index (χ2n) is 6.98. The molecule has 0 atom stereocenters. The predicted molar refractivity (Wildman–Crippen MR) is 122 cm³/mol. The molecule has 1 aromatic carbocycles. The molecule has 2 fully saturated rings. The fraction of sp³-hybridized carbons (Fsp3) is 0.550. The van der Waals surface area contributed by atoms with E-state index in [9.17, 15) is 9.59 Å². The van der Waals surface area contributed by atoms with Crippen LogP contribution in [0, 0.1) is 0 Å². The fourth-order valence-corrected chi connectivity index (χ4v) is 3.53. The van der Waals surface area contributed by atoms with Gasteiger partial charge in [-0.25, -0.2) is 4.99 Å². The van der Waals surface area contributed by atoms with E-state index in [1.807, 2.05) is 34.1 Å². The zero-order valence-electron chi connectivity index (χ0n) is 16.7. The van der Waals surface area contributed by atoms with Gasteiger partial charge in [0, 0.05) is 58.3 Å². The summed E-state index contributed by atoms with van der Waals surface area (Å²) in [4.78, 5) is 34.0. The molecular weight excluding hydrogens is 469 g/mol. The Kier molecular flexibility index (Phi) is 8.53. The maximum absolute atomic E-state index is 11.9. The SMILES string of the molecule is CCNC(=NCc1ccc(N2CCCC2=O)cc1)N1CCN(C(C)=O)CC1.I. The van der Waals surface area contributed by atoms with Crippen molar-refractivity contribution in [2.24, 2.45) is 4.99 Å². The Morgan fingerprint density at radius 3 is 2.25 bits per heavy atom. The van der Waals surface area contributed by atoms with E-state index in [-0.39, 0.29) is 35.8 Å². The summed E-state index contributed by atoms with van der Waals surface area (Å²) in [5.74, 6) is 1.23. The van der Waals surface area contributed by atoms with Crippen LogP contribution in [0.25, 0.3) is 0 Å². The highest BCUT2D eigenvalue weighted by atomic mass is 127. The van der Waals surface area contributed by atoms with Crippen LogP contribution >= 0.6 is 24.0 Å². The van der Waals surface area contributed by atoms with Crippen LogP contribution < -0.4 is 10.2 Å². The maximum Gasteiger partial charge on any atom is 0.227 e. The molecule has 0 aromatic heterocycles. The lowest BCUT2D eigenvalue weighted by atomic mass is 10.2.